The third-order valence-electron chi connectivity index (χ3n) is 3.12. The topological polar surface area (TPSA) is 21.3 Å². The first-order chi connectivity index (χ1) is 9.27. The van der Waals surface area contributed by atoms with Gasteiger partial charge in [0.15, 0.2) is 0 Å². The molecular formula is C16H18ClNO. The normalized spacial score (nSPS) is 10.5. The standard InChI is InChI=1S/C16H18ClNO/c1-18-11-10-14-15(17)9-8-13(16(14)19-2)12-6-4-3-5-7-12/h3-9,18H,10-11H2,1-2H3. The van der Waals surface area contributed by atoms with E-state index in [-0.39, 0.29) is 0 Å². The Kier molecular flexibility index (Phi) is 4.83. The highest BCUT2D eigenvalue weighted by Gasteiger charge is 2.13. The average Bonchev–Trinajstić information content (AvgIpc) is 2.46. The summed E-state index contributed by atoms with van der Waals surface area (Å²) in [4.78, 5) is 0. The Morgan fingerprint density at radius 1 is 1.11 bits per heavy atom. The number of hydrogen-bond acceptors (Lipinski definition) is 2. The van der Waals surface area contributed by atoms with E-state index in [0.29, 0.717) is 0 Å². The number of rotatable bonds is 5. The molecule has 0 bridgehead atoms. The average molecular weight is 276 g/mol. The summed E-state index contributed by atoms with van der Waals surface area (Å²) < 4.78 is 5.60. The predicted molar refractivity (Wildman–Crippen MR) is 81.1 cm³/mol. The molecule has 2 aromatic carbocycles. The molecule has 0 aliphatic carbocycles. The Balaban J connectivity index is 2.50. The molecule has 0 aliphatic heterocycles. The molecule has 1 N–H and O–H groups in total. The fourth-order valence-electron chi connectivity index (χ4n) is 2.16. The van der Waals surface area contributed by atoms with Gasteiger partial charge in [0.1, 0.15) is 5.75 Å². The fraction of sp³-hybridized carbons (Fsp3) is 0.250. The first kappa shape index (κ1) is 13.9. The second-order valence-corrected chi connectivity index (χ2v) is 4.73. The van der Waals surface area contributed by atoms with Crippen LogP contribution in [0.4, 0.5) is 0 Å². The van der Waals surface area contributed by atoms with Crippen molar-refractivity contribution < 1.29 is 4.74 Å². The molecule has 0 spiro atoms. The minimum absolute atomic E-state index is 0.756. The van der Waals surface area contributed by atoms with Crippen LogP contribution in [0, 0.1) is 0 Å². The van der Waals surface area contributed by atoms with Crippen LogP contribution in [-0.2, 0) is 6.42 Å². The number of ether oxygens (including phenoxy) is 1. The van der Waals surface area contributed by atoms with Crippen molar-refractivity contribution in [2.45, 2.75) is 6.42 Å². The van der Waals surface area contributed by atoms with Crippen LogP contribution in [-0.4, -0.2) is 20.7 Å². The van der Waals surface area contributed by atoms with Gasteiger partial charge in [-0.2, -0.15) is 0 Å². The van der Waals surface area contributed by atoms with Crippen molar-refractivity contribution in [1.82, 2.24) is 5.32 Å². The van der Waals surface area contributed by atoms with E-state index in [2.05, 4.69) is 17.4 Å². The highest BCUT2D eigenvalue weighted by atomic mass is 35.5. The van der Waals surface area contributed by atoms with Crippen LogP contribution in [0.15, 0.2) is 42.5 Å². The van der Waals surface area contributed by atoms with Gasteiger partial charge in [0.25, 0.3) is 0 Å². The molecule has 0 saturated carbocycles. The quantitative estimate of drug-likeness (QED) is 0.897. The van der Waals surface area contributed by atoms with Crippen molar-refractivity contribution in [3.63, 3.8) is 0 Å². The number of hydrogen-bond donors (Lipinski definition) is 1. The predicted octanol–water partition coefficient (Wildman–Crippen LogP) is 3.78. The summed E-state index contributed by atoms with van der Waals surface area (Å²) in [6.45, 7) is 0.869. The molecule has 0 aromatic heterocycles. The molecule has 19 heavy (non-hydrogen) atoms. The largest absolute Gasteiger partial charge is 0.496 e. The van der Waals surface area contributed by atoms with Crippen LogP contribution in [0.25, 0.3) is 11.1 Å². The van der Waals surface area contributed by atoms with Gasteiger partial charge in [-0.25, -0.2) is 0 Å². The Morgan fingerprint density at radius 2 is 1.84 bits per heavy atom. The van der Waals surface area contributed by atoms with Gasteiger partial charge < -0.3 is 10.1 Å². The van der Waals surface area contributed by atoms with E-state index >= 15 is 0 Å². The molecular weight excluding hydrogens is 258 g/mol. The van der Waals surface area contributed by atoms with Gasteiger partial charge >= 0.3 is 0 Å². The maximum Gasteiger partial charge on any atom is 0.131 e. The van der Waals surface area contributed by atoms with Gasteiger partial charge in [0.2, 0.25) is 0 Å². The van der Waals surface area contributed by atoms with Crippen molar-refractivity contribution in [3.8, 4) is 16.9 Å². The van der Waals surface area contributed by atoms with E-state index in [0.717, 1.165) is 40.4 Å². The Labute approximate surface area is 119 Å². The molecule has 0 radical (unpaired) electrons. The minimum Gasteiger partial charge on any atom is -0.496 e. The van der Waals surface area contributed by atoms with Gasteiger partial charge in [-0.15, -0.1) is 0 Å². The first-order valence-corrected chi connectivity index (χ1v) is 6.71. The smallest absolute Gasteiger partial charge is 0.131 e. The van der Waals surface area contributed by atoms with E-state index in [9.17, 15) is 0 Å². The third kappa shape index (κ3) is 3.09. The summed E-state index contributed by atoms with van der Waals surface area (Å²) in [6.07, 6.45) is 0.846. The molecule has 2 rings (SSSR count). The highest BCUT2D eigenvalue weighted by molar-refractivity contribution is 6.31. The molecule has 0 heterocycles. The number of methoxy groups -OCH3 is 1. The monoisotopic (exact) mass is 275 g/mol. The molecule has 2 nitrogen and oxygen atoms in total. The second-order valence-electron chi connectivity index (χ2n) is 4.33. The zero-order valence-corrected chi connectivity index (χ0v) is 12.0. The molecule has 0 unspecified atom stereocenters. The van der Waals surface area contributed by atoms with Gasteiger partial charge in [-0.3, -0.25) is 0 Å². The molecule has 0 saturated heterocycles. The minimum atomic E-state index is 0.756. The lowest BCUT2D eigenvalue weighted by Gasteiger charge is -2.15. The van der Waals surface area contributed by atoms with E-state index in [1.165, 1.54) is 0 Å². The molecule has 0 amide bonds. The van der Waals surface area contributed by atoms with Gasteiger partial charge in [0.05, 0.1) is 7.11 Å². The SMILES string of the molecule is CNCCc1c(Cl)ccc(-c2ccccc2)c1OC. The summed E-state index contributed by atoms with van der Waals surface area (Å²) in [5.41, 5.74) is 3.28. The van der Waals surface area contributed by atoms with Crippen molar-refractivity contribution in [2.75, 3.05) is 20.7 Å². The Hall–Kier alpha value is -1.51. The first-order valence-electron chi connectivity index (χ1n) is 6.33. The van der Waals surface area contributed by atoms with Crippen LogP contribution in [0.3, 0.4) is 0 Å². The molecule has 0 aliphatic rings. The maximum absolute atomic E-state index is 6.30. The summed E-state index contributed by atoms with van der Waals surface area (Å²) in [6, 6.07) is 14.2. The third-order valence-corrected chi connectivity index (χ3v) is 3.47. The van der Waals surface area contributed by atoms with E-state index in [1.54, 1.807) is 7.11 Å². The highest BCUT2D eigenvalue weighted by Crippen LogP contribution is 2.37. The van der Waals surface area contributed by atoms with Crippen LogP contribution in [0.1, 0.15) is 5.56 Å². The van der Waals surface area contributed by atoms with Gasteiger partial charge in [-0.05, 0) is 37.7 Å². The van der Waals surface area contributed by atoms with Crippen molar-refractivity contribution >= 4 is 11.6 Å². The van der Waals surface area contributed by atoms with Gasteiger partial charge in [-0.1, -0.05) is 41.9 Å². The van der Waals surface area contributed by atoms with Crippen LogP contribution >= 0.6 is 11.6 Å². The molecule has 100 valence electrons. The Bertz CT molecular complexity index is 540. The molecule has 0 fully saturated rings. The van der Waals surface area contributed by atoms with Crippen molar-refractivity contribution in [2.24, 2.45) is 0 Å². The van der Waals surface area contributed by atoms with Crippen LogP contribution in [0.5, 0.6) is 5.75 Å². The maximum atomic E-state index is 6.30. The zero-order valence-electron chi connectivity index (χ0n) is 11.2. The fourth-order valence-corrected chi connectivity index (χ4v) is 2.41. The summed E-state index contributed by atoms with van der Waals surface area (Å²) in [5, 5.41) is 3.90. The molecule has 0 atom stereocenters. The lowest BCUT2D eigenvalue weighted by atomic mass is 9.99. The number of benzene rings is 2. The number of likely N-dealkylation sites (N-methyl/N-ethyl adjacent to an activating group) is 1. The van der Waals surface area contributed by atoms with Crippen LogP contribution in [0.2, 0.25) is 5.02 Å². The van der Waals surface area contributed by atoms with Crippen molar-refractivity contribution in [1.29, 1.82) is 0 Å². The van der Waals surface area contributed by atoms with E-state index in [4.69, 9.17) is 16.3 Å². The second kappa shape index (κ2) is 6.60. The molecule has 2 aromatic rings. The summed E-state index contributed by atoms with van der Waals surface area (Å²) in [7, 11) is 3.63. The van der Waals surface area contributed by atoms with E-state index < -0.39 is 0 Å². The zero-order chi connectivity index (χ0) is 13.7. The summed E-state index contributed by atoms with van der Waals surface area (Å²) >= 11 is 6.30. The van der Waals surface area contributed by atoms with Crippen LogP contribution < -0.4 is 10.1 Å². The lowest BCUT2D eigenvalue weighted by molar-refractivity contribution is 0.411. The summed E-state index contributed by atoms with van der Waals surface area (Å²) in [5.74, 6) is 0.869. The Morgan fingerprint density at radius 3 is 2.47 bits per heavy atom. The van der Waals surface area contributed by atoms with E-state index in [1.807, 2.05) is 37.4 Å². The molecule has 3 heteroatoms. The number of halogens is 1. The lowest BCUT2D eigenvalue weighted by Crippen LogP contribution is -2.11. The van der Waals surface area contributed by atoms with Crippen molar-refractivity contribution in [3.05, 3.63) is 53.1 Å². The number of nitrogens with one attached hydrogen (secondary N) is 1. The van der Waals surface area contributed by atoms with Gasteiger partial charge in [0, 0.05) is 16.1 Å².